The van der Waals surface area contributed by atoms with Gasteiger partial charge in [0.25, 0.3) is 0 Å². The van der Waals surface area contributed by atoms with E-state index in [-0.39, 0.29) is 17.4 Å². The number of anilines is 1. The van der Waals surface area contributed by atoms with Crippen LogP contribution in [0, 0.1) is 6.92 Å². The first-order valence-corrected chi connectivity index (χ1v) is 8.96. The van der Waals surface area contributed by atoms with Crippen LogP contribution >= 0.6 is 0 Å². The van der Waals surface area contributed by atoms with Gasteiger partial charge in [0, 0.05) is 12.2 Å². The molecule has 4 nitrogen and oxygen atoms in total. The standard InChI is InChI=1S/C21H25NO3/c1-4-6-7-14-10-17(23)21(18(24)11-14)20-13(3)8-9-16-15(20)12-19(25)22(16)5-2/h8-11,23-24H,4-7,12H2,1-3H3. The van der Waals surface area contributed by atoms with E-state index >= 15 is 0 Å². The van der Waals surface area contributed by atoms with Gasteiger partial charge in [0.15, 0.2) is 0 Å². The molecule has 0 fully saturated rings. The van der Waals surface area contributed by atoms with Gasteiger partial charge in [-0.05, 0) is 67.1 Å². The molecule has 0 unspecified atom stereocenters. The minimum atomic E-state index is 0.0582. The number of amides is 1. The second-order valence-electron chi connectivity index (χ2n) is 6.68. The van der Waals surface area contributed by atoms with Crippen LogP contribution in [0.5, 0.6) is 11.5 Å². The topological polar surface area (TPSA) is 60.8 Å². The fraction of sp³-hybridized carbons (Fsp3) is 0.381. The maximum absolute atomic E-state index is 12.3. The maximum Gasteiger partial charge on any atom is 0.231 e. The zero-order valence-corrected chi connectivity index (χ0v) is 15.1. The van der Waals surface area contributed by atoms with Gasteiger partial charge in [-0.3, -0.25) is 4.79 Å². The summed E-state index contributed by atoms with van der Waals surface area (Å²) in [5.41, 5.74) is 4.84. The van der Waals surface area contributed by atoms with E-state index in [9.17, 15) is 15.0 Å². The molecule has 2 aromatic carbocycles. The summed E-state index contributed by atoms with van der Waals surface area (Å²) in [6, 6.07) is 7.36. The first kappa shape index (κ1) is 17.3. The normalized spacial score (nSPS) is 13.4. The predicted octanol–water partition coefficient (Wildman–Crippen LogP) is 4.32. The Kier molecular flexibility index (Phi) is 4.71. The Bertz CT molecular complexity index is 803. The molecule has 1 heterocycles. The van der Waals surface area contributed by atoms with Crippen molar-refractivity contribution in [1.82, 2.24) is 0 Å². The van der Waals surface area contributed by atoms with E-state index in [2.05, 4.69) is 6.92 Å². The van der Waals surface area contributed by atoms with Gasteiger partial charge >= 0.3 is 0 Å². The van der Waals surface area contributed by atoms with Crippen molar-refractivity contribution >= 4 is 11.6 Å². The number of aromatic hydroxyl groups is 2. The highest BCUT2D eigenvalue weighted by Gasteiger charge is 2.30. The molecule has 2 aromatic rings. The monoisotopic (exact) mass is 339 g/mol. The van der Waals surface area contributed by atoms with E-state index < -0.39 is 0 Å². The number of likely N-dealkylation sites (N-methyl/N-ethyl adjacent to an activating group) is 1. The Balaban J connectivity index is 2.15. The fourth-order valence-electron chi connectivity index (χ4n) is 3.71. The van der Waals surface area contributed by atoms with Crippen LogP contribution in [0.2, 0.25) is 0 Å². The minimum Gasteiger partial charge on any atom is -0.507 e. The Morgan fingerprint density at radius 2 is 1.76 bits per heavy atom. The zero-order valence-electron chi connectivity index (χ0n) is 15.1. The van der Waals surface area contributed by atoms with Gasteiger partial charge in [0.1, 0.15) is 11.5 Å². The van der Waals surface area contributed by atoms with Crippen LogP contribution in [0.25, 0.3) is 11.1 Å². The van der Waals surface area contributed by atoms with Crippen molar-refractivity contribution in [3.63, 3.8) is 0 Å². The molecular formula is C21H25NO3. The predicted molar refractivity (Wildman–Crippen MR) is 100 cm³/mol. The van der Waals surface area contributed by atoms with Crippen LogP contribution in [0.4, 0.5) is 5.69 Å². The van der Waals surface area contributed by atoms with Crippen molar-refractivity contribution in [3.8, 4) is 22.6 Å². The average molecular weight is 339 g/mol. The largest absolute Gasteiger partial charge is 0.507 e. The van der Waals surface area contributed by atoms with Crippen molar-refractivity contribution in [2.45, 2.75) is 46.5 Å². The summed E-state index contributed by atoms with van der Waals surface area (Å²) in [7, 11) is 0. The third-order valence-corrected chi connectivity index (χ3v) is 4.96. The number of nitrogens with zero attached hydrogens (tertiary/aromatic N) is 1. The van der Waals surface area contributed by atoms with Crippen LogP contribution < -0.4 is 4.90 Å². The zero-order chi connectivity index (χ0) is 18.1. The lowest BCUT2D eigenvalue weighted by Gasteiger charge is -2.18. The molecule has 2 N–H and O–H groups in total. The van der Waals surface area contributed by atoms with Crippen molar-refractivity contribution in [2.24, 2.45) is 0 Å². The number of hydrogen-bond donors (Lipinski definition) is 2. The highest BCUT2D eigenvalue weighted by Crippen LogP contribution is 2.46. The number of aryl methyl sites for hydroxylation is 2. The number of carbonyl (C=O) groups is 1. The summed E-state index contributed by atoms with van der Waals surface area (Å²) < 4.78 is 0. The average Bonchev–Trinajstić information content (AvgIpc) is 2.89. The van der Waals surface area contributed by atoms with Gasteiger partial charge in [-0.25, -0.2) is 0 Å². The Labute approximate surface area is 148 Å². The molecule has 0 saturated heterocycles. The number of unbranched alkanes of at least 4 members (excludes halogenated alkanes) is 1. The molecule has 0 spiro atoms. The molecule has 1 aliphatic rings. The lowest BCUT2D eigenvalue weighted by atomic mass is 9.91. The second-order valence-corrected chi connectivity index (χ2v) is 6.68. The van der Waals surface area contributed by atoms with E-state index in [0.29, 0.717) is 18.5 Å². The molecule has 0 aliphatic carbocycles. The molecule has 0 radical (unpaired) electrons. The quantitative estimate of drug-likeness (QED) is 0.852. The van der Waals surface area contributed by atoms with Crippen LogP contribution in [0.3, 0.4) is 0 Å². The molecule has 0 bridgehead atoms. The minimum absolute atomic E-state index is 0.0582. The molecule has 1 amide bonds. The summed E-state index contributed by atoms with van der Waals surface area (Å²) in [5, 5.41) is 21.2. The van der Waals surface area contributed by atoms with Gasteiger partial charge in [-0.15, -0.1) is 0 Å². The van der Waals surface area contributed by atoms with E-state index in [4.69, 9.17) is 0 Å². The van der Waals surface area contributed by atoms with Crippen LogP contribution in [-0.4, -0.2) is 22.7 Å². The molecule has 3 rings (SSSR count). The Morgan fingerprint density at radius 1 is 1.08 bits per heavy atom. The van der Waals surface area contributed by atoms with Crippen molar-refractivity contribution < 1.29 is 15.0 Å². The third-order valence-electron chi connectivity index (χ3n) is 4.96. The van der Waals surface area contributed by atoms with Crippen LogP contribution in [-0.2, 0) is 17.6 Å². The number of benzene rings is 2. The molecule has 132 valence electrons. The second kappa shape index (κ2) is 6.79. The molecule has 0 atom stereocenters. The maximum atomic E-state index is 12.3. The van der Waals surface area contributed by atoms with E-state index in [0.717, 1.165) is 47.2 Å². The summed E-state index contributed by atoms with van der Waals surface area (Å²) in [5.74, 6) is 0.206. The molecule has 25 heavy (non-hydrogen) atoms. The van der Waals surface area contributed by atoms with Gasteiger partial charge in [0.2, 0.25) is 5.91 Å². The first-order valence-electron chi connectivity index (χ1n) is 8.96. The van der Waals surface area contributed by atoms with Crippen molar-refractivity contribution in [2.75, 3.05) is 11.4 Å². The lowest BCUT2D eigenvalue weighted by Crippen LogP contribution is -2.25. The van der Waals surface area contributed by atoms with E-state index in [1.807, 2.05) is 26.0 Å². The third kappa shape index (κ3) is 2.97. The van der Waals surface area contributed by atoms with Gasteiger partial charge in [-0.1, -0.05) is 19.4 Å². The highest BCUT2D eigenvalue weighted by molar-refractivity contribution is 6.05. The molecule has 0 saturated carbocycles. The van der Waals surface area contributed by atoms with Crippen molar-refractivity contribution in [1.29, 1.82) is 0 Å². The van der Waals surface area contributed by atoms with E-state index in [1.165, 1.54) is 0 Å². The van der Waals surface area contributed by atoms with Crippen LogP contribution in [0.1, 0.15) is 43.4 Å². The number of phenols is 2. The smallest absolute Gasteiger partial charge is 0.231 e. The first-order chi connectivity index (χ1) is 12.0. The lowest BCUT2D eigenvalue weighted by molar-refractivity contribution is -0.117. The summed E-state index contributed by atoms with van der Waals surface area (Å²) in [6.45, 7) is 6.62. The SMILES string of the molecule is CCCCc1cc(O)c(-c2c(C)ccc3c2CC(=O)N3CC)c(O)c1. The van der Waals surface area contributed by atoms with Crippen molar-refractivity contribution in [3.05, 3.63) is 41.0 Å². The Morgan fingerprint density at radius 3 is 2.36 bits per heavy atom. The number of hydrogen-bond acceptors (Lipinski definition) is 3. The number of carbonyl (C=O) groups excluding carboxylic acids is 1. The van der Waals surface area contributed by atoms with E-state index in [1.54, 1.807) is 17.0 Å². The molecular weight excluding hydrogens is 314 g/mol. The molecule has 1 aliphatic heterocycles. The summed E-state index contributed by atoms with van der Waals surface area (Å²) in [6.07, 6.45) is 3.20. The summed E-state index contributed by atoms with van der Waals surface area (Å²) in [4.78, 5) is 14.1. The Hall–Kier alpha value is -2.49. The molecule has 0 aromatic heterocycles. The van der Waals surface area contributed by atoms with Gasteiger partial charge in [-0.2, -0.15) is 0 Å². The number of fused-ring (bicyclic) bond motifs is 1. The summed E-state index contributed by atoms with van der Waals surface area (Å²) >= 11 is 0. The fourth-order valence-corrected chi connectivity index (χ4v) is 3.71. The molecule has 4 heteroatoms. The highest BCUT2D eigenvalue weighted by atomic mass is 16.3. The van der Waals surface area contributed by atoms with Crippen LogP contribution in [0.15, 0.2) is 24.3 Å². The van der Waals surface area contributed by atoms with Gasteiger partial charge in [0.05, 0.1) is 12.0 Å². The van der Waals surface area contributed by atoms with Gasteiger partial charge < -0.3 is 15.1 Å². The number of rotatable bonds is 5. The number of phenolic OH excluding ortho intramolecular Hbond substituents is 2.